The molecule has 1 aliphatic rings. The van der Waals surface area contributed by atoms with Crippen LogP contribution in [-0.2, 0) is 14.3 Å². The third-order valence-electron chi connectivity index (χ3n) is 2.97. The number of ether oxygens (including phenoxy) is 1. The lowest BCUT2D eigenvalue weighted by Crippen LogP contribution is -2.52. The molecule has 1 fully saturated rings. The van der Waals surface area contributed by atoms with Gasteiger partial charge in [-0.3, -0.25) is 9.59 Å². The van der Waals surface area contributed by atoms with Crippen LogP contribution < -0.4 is 10.6 Å². The van der Waals surface area contributed by atoms with Crippen molar-refractivity contribution < 1.29 is 14.3 Å². The summed E-state index contributed by atoms with van der Waals surface area (Å²) in [6, 6.07) is 3.07. The number of halogens is 1. The molecule has 1 saturated heterocycles. The van der Waals surface area contributed by atoms with Gasteiger partial charge in [0.25, 0.3) is 0 Å². The van der Waals surface area contributed by atoms with E-state index in [-0.39, 0.29) is 24.4 Å². The lowest BCUT2D eigenvalue weighted by Gasteiger charge is -2.27. The Bertz CT molecular complexity index is 503. The molecule has 1 unspecified atom stereocenters. The van der Waals surface area contributed by atoms with E-state index in [0.29, 0.717) is 25.6 Å². The van der Waals surface area contributed by atoms with Gasteiger partial charge < -0.3 is 20.3 Å². The molecule has 0 spiro atoms. The van der Waals surface area contributed by atoms with Gasteiger partial charge in [0.05, 0.1) is 19.8 Å². The summed E-state index contributed by atoms with van der Waals surface area (Å²) in [5, 5.41) is 5.70. The van der Waals surface area contributed by atoms with Gasteiger partial charge in [-0.2, -0.15) is 0 Å². The smallest absolute Gasteiger partial charge is 0.245 e. The molecule has 2 rings (SSSR count). The number of pyridine rings is 1. The van der Waals surface area contributed by atoms with Gasteiger partial charge in [0.2, 0.25) is 11.8 Å². The third kappa shape index (κ3) is 4.76. The molecule has 0 bridgehead atoms. The number of anilines is 1. The van der Waals surface area contributed by atoms with Crippen molar-refractivity contribution in [2.75, 3.05) is 38.7 Å². The van der Waals surface area contributed by atoms with Crippen molar-refractivity contribution in [2.24, 2.45) is 0 Å². The highest BCUT2D eigenvalue weighted by molar-refractivity contribution is 9.10. The predicted molar refractivity (Wildman–Crippen MR) is 80.8 cm³/mol. The Morgan fingerprint density at radius 3 is 3.00 bits per heavy atom. The van der Waals surface area contributed by atoms with Crippen LogP contribution in [0, 0.1) is 0 Å². The summed E-state index contributed by atoms with van der Waals surface area (Å²) in [7, 11) is 1.59. The number of nitrogens with zero attached hydrogens (tertiary/aromatic N) is 2. The van der Waals surface area contributed by atoms with E-state index in [9.17, 15) is 9.59 Å². The average molecular weight is 357 g/mol. The summed E-state index contributed by atoms with van der Waals surface area (Å²) in [5.74, 6) is -0.00538. The zero-order valence-electron chi connectivity index (χ0n) is 11.6. The summed E-state index contributed by atoms with van der Waals surface area (Å²) in [6.07, 6.45) is 1.59. The Morgan fingerprint density at radius 2 is 2.38 bits per heavy atom. The quantitative estimate of drug-likeness (QED) is 0.806. The number of carbonyl (C=O) groups excluding carboxylic acids is 2. The molecule has 1 aromatic rings. The molecule has 1 atom stereocenters. The van der Waals surface area contributed by atoms with E-state index in [1.807, 2.05) is 0 Å². The van der Waals surface area contributed by atoms with Crippen LogP contribution in [0.3, 0.4) is 0 Å². The number of morpholine rings is 1. The maximum atomic E-state index is 12.1. The van der Waals surface area contributed by atoms with Crippen LogP contribution in [0.1, 0.15) is 0 Å². The molecule has 0 aliphatic carbocycles. The van der Waals surface area contributed by atoms with Crippen molar-refractivity contribution in [3.8, 4) is 0 Å². The Hall–Kier alpha value is -1.51. The number of carbonyl (C=O) groups is 2. The molecular weight excluding hydrogens is 340 g/mol. The summed E-state index contributed by atoms with van der Waals surface area (Å²) in [4.78, 5) is 29.4. The SMILES string of the molecule is CN(CC(=O)Nc1ccc(Br)cn1)C(=O)C1COCCN1. The molecule has 2 heterocycles. The van der Waals surface area contributed by atoms with Crippen molar-refractivity contribution in [2.45, 2.75) is 6.04 Å². The van der Waals surface area contributed by atoms with E-state index in [0.717, 1.165) is 4.47 Å². The molecule has 0 saturated carbocycles. The molecule has 8 heteroatoms. The van der Waals surface area contributed by atoms with Crippen molar-refractivity contribution in [3.63, 3.8) is 0 Å². The number of hydrogen-bond donors (Lipinski definition) is 2. The van der Waals surface area contributed by atoms with Gasteiger partial charge in [-0.05, 0) is 28.1 Å². The topological polar surface area (TPSA) is 83.6 Å². The van der Waals surface area contributed by atoms with Gasteiger partial charge in [0, 0.05) is 24.3 Å². The minimum absolute atomic E-state index is 0.0330. The van der Waals surface area contributed by atoms with E-state index >= 15 is 0 Å². The number of hydrogen-bond acceptors (Lipinski definition) is 5. The second kappa shape index (κ2) is 7.48. The molecule has 7 nitrogen and oxygen atoms in total. The van der Waals surface area contributed by atoms with Gasteiger partial charge >= 0.3 is 0 Å². The van der Waals surface area contributed by atoms with E-state index in [2.05, 4.69) is 31.5 Å². The van der Waals surface area contributed by atoms with Crippen LogP contribution in [0.2, 0.25) is 0 Å². The zero-order valence-corrected chi connectivity index (χ0v) is 13.2. The van der Waals surface area contributed by atoms with Gasteiger partial charge in [0.1, 0.15) is 11.9 Å². The Balaban J connectivity index is 1.83. The number of nitrogens with one attached hydrogen (secondary N) is 2. The maximum Gasteiger partial charge on any atom is 0.245 e. The maximum absolute atomic E-state index is 12.1. The number of amides is 2. The molecular formula is C13H17BrN4O3. The normalized spacial score (nSPS) is 18.1. The average Bonchev–Trinajstić information content (AvgIpc) is 2.49. The summed E-state index contributed by atoms with van der Waals surface area (Å²) < 4.78 is 6.07. The molecule has 1 aliphatic heterocycles. The first kappa shape index (κ1) is 15.9. The minimum Gasteiger partial charge on any atom is -0.378 e. The van der Waals surface area contributed by atoms with Crippen molar-refractivity contribution in [1.82, 2.24) is 15.2 Å². The molecule has 0 aromatic carbocycles. The van der Waals surface area contributed by atoms with Crippen LogP contribution in [0.4, 0.5) is 5.82 Å². The van der Waals surface area contributed by atoms with Gasteiger partial charge in [-0.25, -0.2) is 4.98 Å². The van der Waals surface area contributed by atoms with E-state index < -0.39 is 0 Å². The van der Waals surface area contributed by atoms with Crippen LogP contribution in [0.5, 0.6) is 0 Å². The van der Waals surface area contributed by atoms with Gasteiger partial charge in [-0.15, -0.1) is 0 Å². The van der Waals surface area contributed by atoms with Crippen molar-refractivity contribution in [3.05, 3.63) is 22.8 Å². The van der Waals surface area contributed by atoms with E-state index in [4.69, 9.17) is 4.74 Å². The summed E-state index contributed by atoms with van der Waals surface area (Å²) >= 11 is 3.27. The highest BCUT2D eigenvalue weighted by Gasteiger charge is 2.25. The van der Waals surface area contributed by atoms with E-state index in [1.54, 1.807) is 25.4 Å². The first-order valence-electron chi connectivity index (χ1n) is 6.54. The van der Waals surface area contributed by atoms with Crippen molar-refractivity contribution in [1.29, 1.82) is 0 Å². The molecule has 0 radical (unpaired) electrons. The standard InChI is InChI=1S/C13H17BrN4O3/c1-18(13(20)10-8-21-5-4-15-10)7-12(19)17-11-3-2-9(14)6-16-11/h2-3,6,10,15H,4-5,7-8H2,1H3,(H,16,17,19). The van der Waals surface area contributed by atoms with Crippen LogP contribution in [-0.4, -0.2) is 61.1 Å². The lowest BCUT2D eigenvalue weighted by molar-refractivity contribution is -0.137. The fourth-order valence-electron chi connectivity index (χ4n) is 1.92. The highest BCUT2D eigenvalue weighted by atomic mass is 79.9. The highest BCUT2D eigenvalue weighted by Crippen LogP contribution is 2.10. The first-order chi connectivity index (χ1) is 10.1. The summed E-state index contributed by atoms with van der Waals surface area (Å²) in [6.45, 7) is 1.54. The van der Waals surface area contributed by atoms with E-state index in [1.165, 1.54) is 4.90 Å². The largest absolute Gasteiger partial charge is 0.378 e. The number of likely N-dealkylation sites (N-methyl/N-ethyl adjacent to an activating group) is 1. The number of aromatic nitrogens is 1. The molecule has 2 N–H and O–H groups in total. The van der Waals surface area contributed by atoms with Crippen LogP contribution in [0.25, 0.3) is 0 Å². The van der Waals surface area contributed by atoms with Crippen molar-refractivity contribution >= 4 is 33.6 Å². The van der Waals surface area contributed by atoms with Gasteiger partial charge in [0.15, 0.2) is 0 Å². The second-order valence-electron chi connectivity index (χ2n) is 4.69. The predicted octanol–water partition coefficient (Wildman–Crippen LogP) is 0.229. The Labute approximate surface area is 131 Å². The third-order valence-corrected chi connectivity index (χ3v) is 3.44. The molecule has 114 valence electrons. The fraction of sp³-hybridized carbons (Fsp3) is 0.462. The first-order valence-corrected chi connectivity index (χ1v) is 7.33. The lowest BCUT2D eigenvalue weighted by atomic mass is 10.2. The Kier molecular flexibility index (Phi) is 5.66. The van der Waals surface area contributed by atoms with Gasteiger partial charge in [-0.1, -0.05) is 0 Å². The van der Waals surface area contributed by atoms with Crippen LogP contribution >= 0.6 is 15.9 Å². The molecule has 2 amide bonds. The Morgan fingerprint density at radius 1 is 1.57 bits per heavy atom. The monoisotopic (exact) mass is 356 g/mol. The number of rotatable bonds is 4. The minimum atomic E-state index is -0.387. The van der Waals surface area contributed by atoms with Crippen LogP contribution in [0.15, 0.2) is 22.8 Å². The molecule has 21 heavy (non-hydrogen) atoms. The fourth-order valence-corrected chi connectivity index (χ4v) is 2.15. The summed E-state index contributed by atoms with van der Waals surface area (Å²) in [5.41, 5.74) is 0. The zero-order chi connectivity index (χ0) is 15.2. The second-order valence-corrected chi connectivity index (χ2v) is 5.60. The molecule has 1 aromatic heterocycles.